The van der Waals surface area contributed by atoms with Crippen molar-refractivity contribution in [2.24, 2.45) is 0 Å². The molecule has 0 unspecified atom stereocenters. The number of nitrogens with one attached hydrogen (secondary N) is 1. The summed E-state index contributed by atoms with van der Waals surface area (Å²) in [5, 5.41) is 9.08. The third-order valence-corrected chi connectivity index (χ3v) is 2.94. The molecule has 6 heteroatoms. The van der Waals surface area contributed by atoms with Crippen LogP contribution in [0, 0.1) is 0 Å². The highest BCUT2D eigenvalue weighted by Gasteiger charge is 2.08. The normalized spacial score (nSPS) is 11.2. The van der Waals surface area contributed by atoms with Gasteiger partial charge < -0.3 is 9.84 Å². The van der Waals surface area contributed by atoms with Crippen LogP contribution in [-0.4, -0.2) is 29.1 Å². The number of aromatic nitrogens is 2. The monoisotopic (exact) mass is 252 g/mol. The Balaban J connectivity index is 1.86. The van der Waals surface area contributed by atoms with Crippen LogP contribution in [-0.2, 0) is 19.6 Å². The first kappa shape index (κ1) is 12.2. The van der Waals surface area contributed by atoms with Crippen LogP contribution < -0.4 is 5.32 Å². The van der Waals surface area contributed by atoms with Gasteiger partial charge in [-0.2, -0.15) is 0 Å². The van der Waals surface area contributed by atoms with Gasteiger partial charge in [0.05, 0.1) is 23.4 Å². The van der Waals surface area contributed by atoms with Gasteiger partial charge in [-0.05, 0) is 14.1 Å². The topological polar surface area (TPSA) is 54.2 Å². The number of hydrogen-bond acceptors (Lipinski definition) is 6. The first-order valence-electron chi connectivity index (χ1n) is 5.42. The van der Waals surface area contributed by atoms with Crippen LogP contribution in [0.5, 0.6) is 0 Å². The molecule has 92 valence electrons. The third-order valence-electron chi connectivity index (χ3n) is 2.31. The lowest BCUT2D eigenvalue weighted by Crippen LogP contribution is -2.17. The lowest BCUT2D eigenvalue weighted by atomic mass is 10.3. The van der Waals surface area contributed by atoms with Crippen molar-refractivity contribution in [2.75, 3.05) is 14.1 Å². The van der Waals surface area contributed by atoms with Gasteiger partial charge in [-0.1, -0.05) is 5.16 Å². The molecule has 0 aliphatic heterocycles. The van der Waals surface area contributed by atoms with Crippen molar-refractivity contribution in [3.05, 3.63) is 34.1 Å². The van der Waals surface area contributed by atoms with Gasteiger partial charge in [0.1, 0.15) is 0 Å². The van der Waals surface area contributed by atoms with Gasteiger partial charge in [0.2, 0.25) is 0 Å². The van der Waals surface area contributed by atoms with Gasteiger partial charge in [0.15, 0.2) is 5.76 Å². The Hall–Kier alpha value is -1.24. The molecule has 1 N–H and O–H groups in total. The minimum Gasteiger partial charge on any atom is -0.360 e. The zero-order valence-corrected chi connectivity index (χ0v) is 10.8. The van der Waals surface area contributed by atoms with Crippen LogP contribution in [0.4, 0.5) is 0 Å². The molecule has 2 rings (SSSR count). The average molecular weight is 252 g/mol. The largest absolute Gasteiger partial charge is 0.360 e. The van der Waals surface area contributed by atoms with Gasteiger partial charge in [-0.25, -0.2) is 4.98 Å². The summed E-state index contributed by atoms with van der Waals surface area (Å²) in [6.07, 6.45) is 0. The standard InChI is InChI=1S/C11H16N4OS/c1-12-4-9-3-11(16-14-9)6-15(2)5-10-7-17-8-13-10/h3,7-8,12H,4-6H2,1-2H3. The van der Waals surface area contributed by atoms with Gasteiger partial charge in [0, 0.05) is 24.5 Å². The van der Waals surface area contributed by atoms with Crippen molar-refractivity contribution in [2.45, 2.75) is 19.6 Å². The first-order chi connectivity index (χ1) is 8.28. The predicted octanol–water partition coefficient (Wildman–Crippen LogP) is 1.48. The molecule has 17 heavy (non-hydrogen) atoms. The lowest BCUT2D eigenvalue weighted by molar-refractivity contribution is 0.263. The Kier molecular flexibility index (Phi) is 4.24. The smallest absolute Gasteiger partial charge is 0.151 e. The highest BCUT2D eigenvalue weighted by molar-refractivity contribution is 7.07. The molecule has 0 radical (unpaired) electrons. The van der Waals surface area contributed by atoms with Gasteiger partial charge in [0.25, 0.3) is 0 Å². The molecule has 2 heterocycles. The van der Waals surface area contributed by atoms with E-state index in [-0.39, 0.29) is 0 Å². The second kappa shape index (κ2) is 5.90. The average Bonchev–Trinajstić information content (AvgIpc) is 2.91. The summed E-state index contributed by atoms with van der Waals surface area (Å²) in [7, 11) is 3.93. The van der Waals surface area contributed by atoms with E-state index in [9.17, 15) is 0 Å². The first-order valence-corrected chi connectivity index (χ1v) is 6.37. The Morgan fingerprint density at radius 2 is 2.29 bits per heavy atom. The van der Waals surface area contributed by atoms with E-state index >= 15 is 0 Å². The zero-order chi connectivity index (χ0) is 12.1. The second-order valence-electron chi connectivity index (χ2n) is 3.97. The fraction of sp³-hybridized carbons (Fsp3) is 0.455. The molecular weight excluding hydrogens is 236 g/mol. The molecule has 0 aromatic carbocycles. The van der Waals surface area contributed by atoms with E-state index in [0.717, 1.165) is 36.8 Å². The maximum absolute atomic E-state index is 5.26. The highest BCUT2D eigenvalue weighted by atomic mass is 32.1. The molecule has 0 bridgehead atoms. The Morgan fingerprint density at radius 3 is 3.00 bits per heavy atom. The lowest BCUT2D eigenvalue weighted by Gasteiger charge is -2.12. The molecular formula is C11H16N4OS. The molecule has 0 aliphatic carbocycles. The van der Waals surface area contributed by atoms with Crippen LogP contribution >= 0.6 is 11.3 Å². The number of nitrogens with zero attached hydrogens (tertiary/aromatic N) is 3. The van der Waals surface area contributed by atoms with E-state index in [1.807, 2.05) is 25.7 Å². The summed E-state index contributed by atoms with van der Waals surface area (Å²) in [6.45, 7) is 2.30. The molecule has 0 atom stereocenters. The van der Waals surface area contributed by atoms with E-state index < -0.39 is 0 Å². The summed E-state index contributed by atoms with van der Waals surface area (Å²) < 4.78 is 5.26. The molecule has 2 aromatic rings. The number of thiazole rings is 1. The minimum atomic E-state index is 0.735. The summed E-state index contributed by atoms with van der Waals surface area (Å²) >= 11 is 1.62. The molecule has 0 saturated heterocycles. The molecule has 0 amide bonds. The SMILES string of the molecule is CNCc1cc(CN(C)Cc2cscn2)on1. The van der Waals surface area contributed by atoms with Crippen molar-refractivity contribution < 1.29 is 4.52 Å². The summed E-state index contributed by atoms with van der Waals surface area (Å²) in [4.78, 5) is 6.40. The summed E-state index contributed by atoms with van der Waals surface area (Å²) in [5.41, 5.74) is 3.87. The molecule has 0 fully saturated rings. The zero-order valence-electron chi connectivity index (χ0n) is 10.0. The van der Waals surface area contributed by atoms with Crippen LogP contribution in [0.2, 0.25) is 0 Å². The third kappa shape index (κ3) is 3.62. The van der Waals surface area contributed by atoms with E-state index in [0.29, 0.717) is 0 Å². The Labute approximate surface area is 104 Å². The molecule has 2 aromatic heterocycles. The molecule has 0 spiro atoms. The van der Waals surface area contributed by atoms with Gasteiger partial charge >= 0.3 is 0 Å². The summed E-state index contributed by atoms with van der Waals surface area (Å²) in [6, 6.07) is 1.98. The van der Waals surface area contributed by atoms with Gasteiger partial charge in [-0.3, -0.25) is 4.90 Å². The predicted molar refractivity (Wildman–Crippen MR) is 66.6 cm³/mol. The maximum Gasteiger partial charge on any atom is 0.151 e. The van der Waals surface area contributed by atoms with Crippen LogP contribution in [0.15, 0.2) is 21.5 Å². The second-order valence-corrected chi connectivity index (χ2v) is 4.69. The Bertz CT molecular complexity index is 440. The summed E-state index contributed by atoms with van der Waals surface area (Å²) in [5.74, 6) is 0.882. The van der Waals surface area contributed by atoms with E-state index in [2.05, 4.69) is 25.7 Å². The van der Waals surface area contributed by atoms with Crippen molar-refractivity contribution in [1.29, 1.82) is 0 Å². The number of hydrogen-bond donors (Lipinski definition) is 1. The van der Waals surface area contributed by atoms with Crippen LogP contribution in [0.25, 0.3) is 0 Å². The van der Waals surface area contributed by atoms with E-state index in [4.69, 9.17) is 4.52 Å². The van der Waals surface area contributed by atoms with E-state index in [1.54, 1.807) is 11.3 Å². The van der Waals surface area contributed by atoms with Crippen LogP contribution in [0.3, 0.4) is 0 Å². The van der Waals surface area contributed by atoms with Gasteiger partial charge in [-0.15, -0.1) is 11.3 Å². The van der Waals surface area contributed by atoms with Crippen molar-refractivity contribution in [1.82, 2.24) is 20.4 Å². The van der Waals surface area contributed by atoms with Crippen molar-refractivity contribution in [3.63, 3.8) is 0 Å². The quantitative estimate of drug-likeness (QED) is 0.844. The number of rotatable bonds is 6. The molecule has 0 aliphatic rings. The molecule has 0 saturated carbocycles. The van der Waals surface area contributed by atoms with E-state index in [1.165, 1.54) is 0 Å². The fourth-order valence-corrected chi connectivity index (χ4v) is 2.16. The van der Waals surface area contributed by atoms with Crippen molar-refractivity contribution >= 4 is 11.3 Å². The maximum atomic E-state index is 5.26. The highest BCUT2D eigenvalue weighted by Crippen LogP contribution is 2.09. The fourth-order valence-electron chi connectivity index (χ4n) is 1.61. The molecule has 5 nitrogen and oxygen atoms in total. The van der Waals surface area contributed by atoms with Crippen molar-refractivity contribution in [3.8, 4) is 0 Å². The Morgan fingerprint density at radius 1 is 1.41 bits per heavy atom. The van der Waals surface area contributed by atoms with Crippen LogP contribution in [0.1, 0.15) is 17.1 Å². The minimum absolute atomic E-state index is 0.735.